The number of ether oxygens (including phenoxy) is 3. The predicted molar refractivity (Wildman–Crippen MR) is 99.4 cm³/mol. The fourth-order valence-electron chi connectivity index (χ4n) is 2.71. The predicted octanol–water partition coefficient (Wildman–Crippen LogP) is 5.67. The molecule has 0 heterocycles. The van der Waals surface area contributed by atoms with Gasteiger partial charge in [-0.25, -0.2) is 4.79 Å². The lowest BCUT2D eigenvalue weighted by atomic mass is 10.0. The molecule has 0 unspecified atom stereocenters. The topological polar surface area (TPSA) is 44.8 Å². The van der Waals surface area contributed by atoms with E-state index in [4.69, 9.17) is 9.47 Å². The molecule has 0 bridgehead atoms. The third kappa shape index (κ3) is 4.15. The number of benzene rings is 2. The van der Waals surface area contributed by atoms with Gasteiger partial charge in [0.25, 0.3) is 0 Å². The van der Waals surface area contributed by atoms with Crippen LogP contribution in [-0.2, 0) is 11.3 Å². The van der Waals surface area contributed by atoms with Gasteiger partial charge in [0, 0.05) is 10.0 Å². The lowest BCUT2D eigenvalue weighted by Crippen LogP contribution is -2.10. The highest BCUT2D eigenvalue weighted by atomic mass is 79.9. The molecule has 2 aromatic carbocycles. The number of rotatable bonds is 5. The number of carbonyl (C=O) groups excluding carboxylic acids is 1. The summed E-state index contributed by atoms with van der Waals surface area (Å²) in [5.41, 5.74) is 4.53. The number of halogens is 1. The van der Waals surface area contributed by atoms with Crippen molar-refractivity contribution < 1.29 is 19.0 Å². The maximum absolute atomic E-state index is 11.5. The minimum absolute atomic E-state index is 0.302. The van der Waals surface area contributed by atoms with Crippen molar-refractivity contribution in [3.8, 4) is 11.5 Å². The average Bonchev–Trinajstić information content (AvgIpc) is 3.42. The monoisotopic (exact) mass is 404 g/mol. The number of hydrogen-bond acceptors (Lipinski definition) is 4. The van der Waals surface area contributed by atoms with Crippen molar-refractivity contribution in [2.75, 3.05) is 7.11 Å². The van der Waals surface area contributed by atoms with Crippen LogP contribution in [0.15, 0.2) is 34.8 Å². The van der Waals surface area contributed by atoms with Gasteiger partial charge in [0.1, 0.15) is 18.1 Å². The van der Waals surface area contributed by atoms with E-state index in [1.54, 1.807) is 12.1 Å². The molecule has 1 aliphatic rings. The normalized spacial score (nSPS) is 13.4. The van der Waals surface area contributed by atoms with Crippen molar-refractivity contribution >= 4 is 22.1 Å². The molecule has 5 heteroatoms. The third-order valence-corrected chi connectivity index (χ3v) is 5.19. The second kappa shape index (κ2) is 7.48. The summed E-state index contributed by atoms with van der Waals surface area (Å²) in [4.78, 5) is 11.5. The largest absolute Gasteiger partial charge is 0.513 e. The first-order chi connectivity index (χ1) is 12.0. The van der Waals surface area contributed by atoms with Crippen molar-refractivity contribution in [3.63, 3.8) is 0 Å². The summed E-state index contributed by atoms with van der Waals surface area (Å²) in [6.45, 7) is 4.51. The van der Waals surface area contributed by atoms with Gasteiger partial charge in [-0.2, -0.15) is 0 Å². The van der Waals surface area contributed by atoms with E-state index in [2.05, 4.69) is 46.6 Å². The zero-order valence-corrected chi connectivity index (χ0v) is 16.2. The molecule has 0 N–H and O–H groups in total. The van der Waals surface area contributed by atoms with Crippen LogP contribution in [-0.4, -0.2) is 13.3 Å². The number of hydrogen-bond donors (Lipinski definition) is 0. The van der Waals surface area contributed by atoms with Gasteiger partial charge in [0.15, 0.2) is 0 Å². The highest BCUT2D eigenvalue weighted by Crippen LogP contribution is 2.45. The summed E-state index contributed by atoms with van der Waals surface area (Å²) in [5.74, 6) is 1.93. The van der Waals surface area contributed by atoms with Gasteiger partial charge in [-0.15, -0.1) is 0 Å². The molecule has 0 aliphatic heterocycles. The van der Waals surface area contributed by atoms with Gasteiger partial charge in [0.2, 0.25) is 0 Å². The van der Waals surface area contributed by atoms with Crippen LogP contribution >= 0.6 is 15.9 Å². The molecule has 25 heavy (non-hydrogen) atoms. The van der Waals surface area contributed by atoms with Gasteiger partial charge in [-0.1, -0.05) is 28.1 Å². The van der Waals surface area contributed by atoms with Gasteiger partial charge in [-0.3, -0.25) is 0 Å². The second-order valence-electron chi connectivity index (χ2n) is 6.31. The average molecular weight is 405 g/mol. The Morgan fingerprint density at radius 2 is 1.88 bits per heavy atom. The van der Waals surface area contributed by atoms with E-state index in [1.165, 1.54) is 36.6 Å². The Morgan fingerprint density at radius 1 is 1.16 bits per heavy atom. The zero-order valence-electron chi connectivity index (χ0n) is 14.6. The van der Waals surface area contributed by atoms with Crippen LogP contribution in [0.5, 0.6) is 11.5 Å². The fraction of sp³-hybridized carbons (Fsp3) is 0.350. The zero-order chi connectivity index (χ0) is 18.0. The van der Waals surface area contributed by atoms with Crippen LogP contribution < -0.4 is 9.47 Å². The van der Waals surface area contributed by atoms with E-state index in [9.17, 15) is 4.79 Å². The number of aryl methyl sites for hydroxylation is 2. The molecule has 0 radical (unpaired) electrons. The Labute approximate surface area is 156 Å². The lowest BCUT2D eigenvalue weighted by Gasteiger charge is -2.16. The van der Waals surface area contributed by atoms with Gasteiger partial charge in [-0.05, 0) is 67.5 Å². The van der Waals surface area contributed by atoms with Crippen LogP contribution in [0.2, 0.25) is 0 Å². The molecule has 4 nitrogen and oxygen atoms in total. The molecule has 132 valence electrons. The molecule has 0 atom stereocenters. The molecule has 1 saturated carbocycles. The molecule has 0 saturated heterocycles. The van der Waals surface area contributed by atoms with E-state index in [1.807, 2.05) is 6.07 Å². The van der Waals surface area contributed by atoms with E-state index >= 15 is 0 Å². The van der Waals surface area contributed by atoms with Crippen molar-refractivity contribution in [2.24, 2.45) is 0 Å². The highest BCUT2D eigenvalue weighted by Gasteiger charge is 2.27. The molecular weight excluding hydrogens is 384 g/mol. The van der Waals surface area contributed by atoms with E-state index in [0.29, 0.717) is 18.3 Å². The molecular formula is C20H21BrO4. The van der Waals surface area contributed by atoms with Crippen molar-refractivity contribution in [1.29, 1.82) is 0 Å². The number of methoxy groups -OCH3 is 1. The number of carbonyl (C=O) groups is 1. The van der Waals surface area contributed by atoms with Gasteiger partial charge < -0.3 is 14.2 Å². The van der Waals surface area contributed by atoms with Crippen LogP contribution in [0.3, 0.4) is 0 Å². The smallest absolute Gasteiger partial charge is 0.488 e. The quantitative estimate of drug-likeness (QED) is 0.475. The minimum atomic E-state index is -0.746. The summed E-state index contributed by atoms with van der Waals surface area (Å²) in [6, 6.07) is 9.75. The van der Waals surface area contributed by atoms with E-state index in [-0.39, 0.29) is 0 Å². The van der Waals surface area contributed by atoms with Crippen LogP contribution in [0.25, 0.3) is 0 Å². The SMILES string of the molecule is COC(=O)Oc1cccc(Br)c1COc1cc(C)c(C)cc1C1CC1. The maximum Gasteiger partial charge on any atom is 0.513 e. The molecule has 1 fully saturated rings. The molecule has 2 aromatic rings. The van der Waals surface area contributed by atoms with E-state index < -0.39 is 6.16 Å². The minimum Gasteiger partial charge on any atom is -0.488 e. The van der Waals surface area contributed by atoms with Crippen LogP contribution in [0.1, 0.15) is 41.0 Å². The first-order valence-corrected chi connectivity index (χ1v) is 9.06. The Morgan fingerprint density at radius 3 is 2.56 bits per heavy atom. The Hall–Kier alpha value is -2.01. The van der Waals surface area contributed by atoms with Gasteiger partial charge >= 0.3 is 6.16 Å². The molecule has 0 spiro atoms. The fourth-order valence-corrected chi connectivity index (χ4v) is 3.17. The Kier molecular flexibility index (Phi) is 5.33. The molecule has 0 amide bonds. The van der Waals surface area contributed by atoms with Crippen molar-refractivity contribution in [2.45, 2.75) is 39.2 Å². The van der Waals surface area contributed by atoms with Gasteiger partial charge in [0.05, 0.1) is 7.11 Å². The maximum atomic E-state index is 11.5. The molecule has 3 rings (SSSR count). The van der Waals surface area contributed by atoms with Crippen LogP contribution in [0.4, 0.5) is 4.79 Å². The summed E-state index contributed by atoms with van der Waals surface area (Å²) < 4.78 is 16.8. The van der Waals surface area contributed by atoms with E-state index in [0.717, 1.165) is 15.8 Å². The summed E-state index contributed by atoms with van der Waals surface area (Å²) in [7, 11) is 1.29. The molecule has 0 aromatic heterocycles. The lowest BCUT2D eigenvalue weighted by molar-refractivity contribution is 0.120. The first kappa shape index (κ1) is 17.8. The third-order valence-electron chi connectivity index (χ3n) is 4.45. The summed E-state index contributed by atoms with van der Waals surface area (Å²) in [6.07, 6.45) is 1.68. The summed E-state index contributed by atoms with van der Waals surface area (Å²) >= 11 is 3.51. The second-order valence-corrected chi connectivity index (χ2v) is 7.16. The standard InChI is InChI=1S/C20H21BrO4/c1-12-9-15(14-7-8-14)19(10-13(12)2)24-11-16-17(21)5-4-6-18(16)25-20(22)23-3/h4-6,9-10,14H,7-8,11H2,1-3H3. The van der Waals surface area contributed by atoms with Crippen LogP contribution in [0, 0.1) is 13.8 Å². The van der Waals surface area contributed by atoms with Crippen molar-refractivity contribution in [3.05, 3.63) is 57.1 Å². The van der Waals surface area contributed by atoms with Crippen molar-refractivity contribution in [1.82, 2.24) is 0 Å². The summed E-state index contributed by atoms with van der Waals surface area (Å²) in [5, 5.41) is 0. The molecule has 1 aliphatic carbocycles. The first-order valence-electron chi connectivity index (χ1n) is 8.26. The highest BCUT2D eigenvalue weighted by molar-refractivity contribution is 9.10. The Balaban J connectivity index is 1.85. The Bertz CT molecular complexity index is 797.